The number of nitrogens with one attached hydrogen (secondary N) is 1. The average Bonchev–Trinajstić information content (AvgIpc) is 3.12. The number of carbonyl (C=O) groups is 2. The molecule has 1 N–H and O–H groups in total. The van der Waals surface area contributed by atoms with Gasteiger partial charge in [-0.15, -0.1) is 0 Å². The van der Waals surface area contributed by atoms with Gasteiger partial charge in [0.15, 0.2) is 5.58 Å². The molecule has 2 aromatic rings. The van der Waals surface area contributed by atoms with Crippen molar-refractivity contribution in [2.45, 2.75) is 25.8 Å². The zero-order valence-electron chi connectivity index (χ0n) is 11.8. The Labute approximate surface area is 122 Å². The summed E-state index contributed by atoms with van der Waals surface area (Å²) in [6.45, 7) is 2.80. The van der Waals surface area contributed by atoms with Crippen LogP contribution in [0.2, 0.25) is 0 Å². The van der Waals surface area contributed by atoms with Crippen LogP contribution < -0.4 is 5.32 Å². The summed E-state index contributed by atoms with van der Waals surface area (Å²) in [4.78, 5) is 29.6. The van der Waals surface area contributed by atoms with Crippen molar-refractivity contribution in [3.8, 4) is 0 Å². The van der Waals surface area contributed by atoms with Crippen LogP contribution in [-0.2, 0) is 4.79 Å². The lowest BCUT2D eigenvalue weighted by atomic mass is 10.2. The van der Waals surface area contributed by atoms with E-state index in [1.165, 1.54) is 6.20 Å². The van der Waals surface area contributed by atoms with Gasteiger partial charge < -0.3 is 14.6 Å². The van der Waals surface area contributed by atoms with Gasteiger partial charge in [0.2, 0.25) is 5.91 Å². The van der Waals surface area contributed by atoms with Crippen LogP contribution in [0.5, 0.6) is 0 Å². The topological polar surface area (TPSA) is 75.4 Å². The number of likely N-dealkylation sites (tertiary alicyclic amines) is 1. The zero-order chi connectivity index (χ0) is 14.8. The first-order valence-electron chi connectivity index (χ1n) is 7.04. The highest BCUT2D eigenvalue weighted by molar-refractivity contribution is 5.96. The van der Waals surface area contributed by atoms with Crippen LogP contribution in [0.25, 0.3) is 11.1 Å². The third-order valence-electron chi connectivity index (χ3n) is 3.84. The molecule has 6 nitrogen and oxygen atoms in total. The zero-order valence-corrected chi connectivity index (χ0v) is 11.8. The van der Waals surface area contributed by atoms with Gasteiger partial charge in [-0.05, 0) is 18.9 Å². The number of hydrogen-bond acceptors (Lipinski definition) is 4. The first-order valence-corrected chi connectivity index (χ1v) is 7.04. The van der Waals surface area contributed by atoms with E-state index in [0.29, 0.717) is 17.7 Å². The van der Waals surface area contributed by atoms with Crippen molar-refractivity contribution < 1.29 is 14.0 Å². The van der Waals surface area contributed by atoms with Crippen LogP contribution in [0.1, 0.15) is 30.1 Å². The molecule has 0 aliphatic carbocycles. The number of hydrogen-bond donors (Lipinski definition) is 1. The van der Waals surface area contributed by atoms with Gasteiger partial charge in [0.1, 0.15) is 5.52 Å². The number of amides is 2. The molecule has 6 heteroatoms. The van der Waals surface area contributed by atoms with Gasteiger partial charge in [-0.3, -0.25) is 14.6 Å². The second-order valence-electron chi connectivity index (χ2n) is 5.25. The summed E-state index contributed by atoms with van der Waals surface area (Å²) in [5.74, 6) is -0.137. The van der Waals surface area contributed by atoms with Crippen molar-refractivity contribution in [3.63, 3.8) is 0 Å². The van der Waals surface area contributed by atoms with Gasteiger partial charge in [0, 0.05) is 38.3 Å². The first-order chi connectivity index (χ1) is 10.1. The van der Waals surface area contributed by atoms with Crippen molar-refractivity contribution in [1.29, 1.82) is 0 Å². The summed E-state index contributed by atoms with van der Waals surface area (Å²) in [5, 5.41) is 2.87. The van der Waals surface area contributed by atoms with Crippen molar-refractivity contribution >= 4 is 22.9 Å². The predicted octanol–water partition coefficient (Wildman–Crippen LogP) is 1.57. The molecule has 0 radical (unpaired) electrons. The summed E-state index contributed by atoms with van der Waals surface area (Å²) in [6, 6.07) is 3.52. The van der Waals surface area contributed by atoms with Crippen LogP contribution in [0, 0.1) is 0 Å². The van der Waals surface area contributed by atoms with E-state index in [2.05, 4.69) is 10.3 Å². The summed E-state index contributed by atoms with van der Waals surface area (Å²) >= 11 is 0. The summed E-state index contributed by atoms with van der Waals surface area (Å²) in [6.07, 6.45) is 4.99. The molecule has 1 aliphatic rings. The van der Waals surface area contributed by atoms with Gasteiger partial charge in [-0.25, -0.2) is 0 Å². The smallest absolute Gasteiger partial charge is 0.253 e. The molecule has 2 aromatic heterocycles. The van der Waals surface area contributed by atoms with E-state index < -0.39 is 0 Å². The van der Waals surface area contributed by atoms with E-state index in [4.69, 9.17) is 4.42 Å². The number of aromatic nitrogens is 1. The molecule has 2 amide bonds. The van der Waals surface area contributed by atoms with E-state index >= 15 is 0 Å². The van der Waals surface area contributed by atoms with Crippen molar-refractivity contribution in [3.05, 3.63) is 30.2 Å². The van der Waals surface area contributed by atoms with Gasteiger partial charge in [-0.2, -0.15) is 0 Å². The number of pyridine rings is 1. The van der Waals surface area contributed by atoms with E-state index in [1.54, 1.807) is 25.3 Å². The molecule has 1 fully saturated rings. The Morgan fingerprint density at radius 2 is 2.38 bits per heavy atom. The third kappa shape index (κ3) is 2.74. The second kappa shape index (κ2) is 5.55. The summed E-state index contributed by atoms with van der Waals surface area (Å²) in [7, 11) is 0. The number of fused-ring (bicyclic) bond motifs is 1. The summed E-state index contributed by atoms with van der Waals surface area (Å²) < 4.78 is 5.24. The quantitative estimate of drug-likeness (QED) is 0.929. The number of rotatable bonds is 3. The predicted molar refractivity (Wildman–Crippen MR) is 76.8 cm³/mol. The molecule has 0 spiro atoms. The van der Waals surface area contributed by atoms with Crippen LogP contribution >= 0.6 is 0 Å². The minimum atomic E-state index is -0.198. The van der Waals surface area contributed by atoms with Crippen molar-refractivity contribution in [2.75, 3.05) is 13.1 Å². The van der Waals surface area contributed by atoms with Crippen LogP contribution in [0.4, 0.5) is 0 Å². The highest BCUT2D eigenvalue weighted by Gasteiger charge is 2.26. The minimum absolute atomic E-state index is 0.0606. The lowest BCUT2D eigenvalue weighted by Crippen LogP contribution is -2.42. The Morgan fingerprint density at radius 1 is 1.52 bits per heavy atom. The fourth-order valence-electron chi connectivity index (χ4n) is 2.75. The molecule has 1 unspecified atom stereocenters. The summed E-state index contributed by atoms with van der Waals surface area (Å²) in [5.41, 5.74) is 1.78. The third-order valence-corrected chi connectivity index (χ3v) is 3.84. The maximum atomic E-state index is 12.1. The maximum absolute atomic E-state index is 12.1. The molecule has 1 atom stereocenters. The minimum Gasteiger partial charge on any atom is -0.463 e. The van der Waals surface area contributed by atoms with Gasteiger partial charge in [0.05, 0.1) is 11.8 Å². The average molecular weight is 287 g/mol. The molecule has 21 heavy (non-hydrogen) atoms. The van der Waals surface area contributed by atoms with E-state index in [9.17, 15) is 9.59 Å². The fourth-order valence-corrected chi connectivity index (χ4v) is 2.75. The second-order valence-corrected chi connectivity index (χ2v) is 5.25. The largest absolute Gasteiger partial charge is 0.463 e. The molecular formula is C15H17N3O3. The number of furan rings is 1. The fraction of sp³-hybridized carbons (Fsp3) is 0.400. The standard InChI is InChI=1S/C15H17N3O3/c1-10(19)18-5-2-3-12(18)9-17-15(20)11-7-14-13(16-8-11)4-6-21-14/h4,6-8,12H,2-3,5,9H2,1H3,(H,17,20). The van der Waals surface area contributed by atoms with Gasteiger partial charge in [0.25, 0.3) is 5.91 Å². The van der Waals surface area contributed by atoms with Crippen molar-refractivity contribution in [1.82, 2.24) is 15.2 Å². The Bertz CT molecular complexity index is 680. The van der Waals surface area contributed by atoms with Crippen LogP contribution in [0.15, 0.2) is 29.0 Å². The lowest BCUT2D eigenvalue weighted by molar-refractivity contribution is -0.129. The normalized spacial score (nSPS) is 18.1. The molecule has 0 saturated carbocycles. The number of nitrogens with zero attached hydrogens (tertiary/aromatic N) is 2. The Balaban J connectivity index is 1.64. The van der Waals surface area contributed by atoms with Crippen LogP contribution in [0.3, 0.4) is 0 Å². The highest BCUT2D eigenvalue weighted by Crippen LogP contribution is 2.17. The van der Waals surface area contributed by atoms with E-state index in [-0.39, 0.29) is 17.9 Å². The monoisotopic (exact) mass is 287 g/mol. The van der Waals surface area contributed by atoms with Gasteiger partial charge in [-0.1, -0.05) is 0 Å². The molecule has 3 heterocycles. The molecule has 0 aromatic carbocycles. The Morgan fingerprint density at radius 3 is 3.19 bits per heavy atom. The maximum Gasteiger partial charge on any atom is 0.253 e. The van der Waals surface area contributed by atoms with E-state index in [1.807, 2.05) is 4.90 Å². The van der Waals surface area contributed by atoms with Gasteiger partial charge >= 0.3 is 0 Å². The highest BCUT2D eigenvalue weighted by atomic mass is 16.3. The molecule has 1 aliphatic heterocycles. The molecule has 1 saturated heterocycles. The molecular weight excluding hydrogens is 270 g/mol. The van der Waals surface area contributed by atoms with Crippen molar-refractivity contribution in [2.24, 2.45) is 0 Å². The first kappa shape index (κ1) is 13.6. The SMILES string of the molecule is CC(=O)N1CCCC1CNC(=O)c1cnc2ccoc2c1. The van der Waals surface area contributed by atoms with E-state index in [0.717, 1.165) is 24.9 Å². The Kier molecular flexibility index (Phi) is 3.60. The Hall–Kier alpha value is -2.37. The molecule has 110 valence electrons. The lowest BCUT2D eigenvalue weighted by Gasteiger charge is -2.23. The number of carbonyl (C=O) groups excluding carboxylic acids is 2. The van der Waals surface area contributed by atoms with Crippen LogP contribution in [-0.4, -0.2) is 40.8 Å². The molecule has 3 rings (SSSR count). The molecule has 0 bridgehead atoms.